The normalized spacial score (nSPS) is 17.1. The lowest BCUT2D eigenvalue weighted by molar-refractivity contribution is 0.139. The third-order valence-corrected chi connectivity index (χ3v) is 4.73. The molecule has 0 aliphatic carbocycles. The van der Waals surface area contributed by atoms with E-state index < -0.39 is 0 Å². The van der Waals surface area contributed by atoms with Crippen LogP contribution in [0.15, 0.2) is 29.3 Å². The molecule has 0 saturated carbocycles. The van der Waals surface area contributed by atoms with Gasteiger partial charge in [0.05, 0.1) is 6.61 Å². The molecule has 1 aromatic carbocycles. The van der Waals surface area contributed by atoms with Crippen LogP contribution in [0, 0.1) is 5.92 Å². The van der Waals surface area contributed by atoms with Crippen LogP contribution >= 0.6 is 24.0 Å². The third kappa shape index (κ3) is 8.66. The summed E-state index contributed by atoms with van der Waals surface area (Å²) in [5.74, 6) is 2.34. The Hall–Kier alpha value is -1.06. The predicted octanol–water partition coefficient (Wildman–Crippen LogP) is 2.25. The highest BCUT2D eigenvalue weighted by Gasteiger charge is 2.16. The fourth-order valence-electron chi connectivity index (χ4n) is 3.15. The summed E-state index contributed by atoms with van der Waals surface area (Å²) >= 11 is 0. The molecule has 0 spiro atoms. The van der Waals surface area contributed by atoms with Crippen molar-refractivity contribution in [3.63, 3.8) is 0 Å². The zero-order valence-electron chi connectivity index (χ0n) is 17.2. The maximum Gasteiger partial charge on any atom is 0.191 e. The van der Waals surface area contributed by atoms with E-state index in [-0.39, 0.29) is 24.0 Å². The molecule has 0 bridgehead atoms. The molecule has 1 aliphatic rings. The van der Waals surface area contributed by atoms with Gasteiger partial charge in [0.2, 0.25) is 0 Å². The van der Waals surface area contributed by atoms with Crippen LogP contribution in [0.3, 0.4) is 0 Å². The Morgan fingerprint density at radius 1 is 1.19 bits per heavy atom. The summed E-state index contributed by atoms with van der Waals surface area (Å²) in [5, 5.41) is 6.84. The topological polar surface area (TPSA) is 52.1 Å². The van der Waals surface area contributed by atoms with Crippen molar-refractivity contribution in [2.75, 3.05) is 60.0 Å². The van der Waals surface area contributed by atoms with E-state index in [2.05, 4.69) is 45.5 Å². The molecule has 27 heavy (non-hydrogen) atoms. The molecule has 0 aromatic heterocycles. The minimum Gasteiger partial charge on any atom is -0.494 e. The van der Waals surface area contributed by atoms with Gasteiger partial charge in [-0.25, -0.2) is 0 Å². The monoisotopic (exact) mass is 489 g/mol. The minimum absolute atomic E-state index is 0. The second kappa shape index (κ2) is 13.2. The van der Waals surface area contributed by atoms with E-state index in [1.807, 2.05) is 32.2 Å². The Morgan fingerprint density at radius 2 is 1.89 bits per heavy atom. The lowest BCUT2D eigenvalue weighted by atomic mass is 10.1. The summed E-state index contributed by atoms with van der Waals surface area (Å²) in [6, 6.07) is 8.13. The Morgan fingerprint density at radius 3 is 2.56 bits per heavy atom. The number of ether oxygens (including phenoxy) is 1. The number of nitrogens with one attached hydrogen (secondary N) is 2. The molecule has 1 heterocycles. The summed E-state index contributed by atoms with van der Waals surface area (Å²) in [4.78, 5) is 9.29. The number of hydrogen-bond donors (Lipinski definition) is 2. The first-order chi connectivity index (χ1) is 12.6. The van der Waals surface area contributed by atoms with Crippen LogP contribution in [0.2, 0.25) is 0 Å². The summed E-state index contributed by atoms with van der Waals surface area (Å²) in [7, 11) is 4.01. The molecule has 0 amide bonds. The highest BCUT2D eigenvalue weighted by atomic mass is 127. The maximum absolute atomic E-state index is 5.68. The molecule has 1 unspecified atom stereocenters. The predicted molar refractivity (Wildman–Crippen MR) is 124 cm³/mol. The first-order valence-electron chi connectivity index (χ1n) is 9.68. The standard InChI is InChI=1S/C20H35N5O.HI/c1-5-26-19-9-7-6-8-18(19)15-23-20(21-3)22-14-17(2)16-25-12-10-24(4)11-13-25;/h6-9,17H,5,10-16H2,1-4H3,(H2,21,22,23);1H. The number of halogens is 1. The van der Waals surface area contributed by atoms with Crippen LogP contribution in [0.5, 0.6) is 5.75 Å². The zero-order chi connectivity index (χ0) is 18.8. The lowest BCUT2D eigenvalue weighted by Gasteiger charge is -2.34. The number of aliphatic imine (C=N–C) groups is 1. The highest BCUT2D eigenvalue weighted by Crippen LogP contribution is 2.17. The average Bonchev–Trinajstić information content (AvgIpc) is 2.65. The minimum atomic E-state index is 0. The largest absolute Gasteiger partial charge is 0.494 e. The molecule has 2 N–H and O–H groups in total. The van der Waals surface area contributed by atoms with E-state index in [9.17, 15) is 0 Å². The summed E-state index contributed by atoms with van der Waals surface area (Å²) < 4.78 is 5.68. The van der Waals surface area contributed by atoms with Gasteiger partial charge >= 0.3 is 0 Å². The Kier molecular flexibility index (Phi) is 11.7. The molecule has 6 nitrogen and oxygen atoms in total. The first kappa shape index (κ1) is 24.0. The van der Waals surface area contributed by atoms with Gasteiger partial charge in [-0.15, -0.1) is 24.0 Å². The molecule has 154 valence electrons. The maximum atomic E-state index is 5.68. The van der Waals surface area contributed by atoms with Crippen molar-refractivity contribution in [2.24, 2.45) is 10.9 Å². The van der Waals surface area contributed by atoms with E-state index in [0.29, 0.717) is 19.1 Å². The molecule has 1 aromatic rings. The fraction of sp³-hybridized carbons (Fsp3) is 0.650. The number of hydrogen-bond acceptors (Lipinski definition) is 4. The van der Waals surface area contributed by atoms with Gasteiger partial charge in [-0.2, -0.15) is 0 Å². The van der Waals surface area contributed by atoms with Crippen LogP contribution in [-0.4, -0.2) is 75.7 Å². The van der Waals surface area contributed by atoms with E-state index in [0.717, 1.165) is 30.4 Å². The van der Waals surface area contributed by atoms with Crippen molar-refractivity contribution in [2.45, 2.75) is 20.4 Å². The Bertz CT molecular complexity index is 561. The number of guanidine groups is 1. The third-order valence-electron chi connectivity index (χ3n) is 4.73. The number of likely N-dealkylation sites (N-methyl/N-ethyl adjacent to an activating group) is 1. The van der Waals surface area contributed by atoms with Crippen LogP contribution in [0.25, 0.3) is 0 Å². The number of para-hydroxylation sites is 1. The first-order valence-corrected chi connectivity index (χ1v) is 9.68. The number of nitrogens with zero attached hydrogens (tertiary/aromatic N) is 3. The second-order valence-electron chi connectivity index (χ2n) is 7.06. The van der Waals surface area contributed by atoms with Crippen LogP contribution in [-0.2, 0) is 6.54 Å². The molecule has 7 heteroatoms. The number of rotatable bonds is 8. The highest BCUT2D eigenvalue weighted by molar-refractivity contribution is 14.0. The second-order valence-corrected chi connectivity index (χ2v) is 7.06. The van der Waals surface area contributed by atoms with Crippen LogP contribution < -0.4 is 15.4 Å². The van der Waals surface area contributed by atoms with E-state index in [1.54, 1.807) is 0 Å². The Labute approximate surface area is 181 Å². The molecule has 1 atom stereocenters. The van der Waals surface area contributed by atoms with Gasteiger partial charge in [-0.1, -0.05) is 25.1 Å². The molecule has 0 radical (unpaired) electrons. The molecule has 1 fully saturated rings. The van der Waals surface area contributed by atoms with E-state index in [4.69, 9.17) is 4.74 Å². The molecule has 2 rings (SSSR count). The van der Waals surface area contributed by atoms with Crippen molar-refractivity contribution >= 4 is 29.9 Å². The molecular formula is C20H36IN5O. The van der Waals surface area contributed by atoms with Crippen LogP contribution in [0.4, 0.5) is 0 Å². The lowest BCUT2D eigenvalue weighted by Crippen LogP contribution is -2.47. The summed E-state index contributed by atoms with van der Waals surface area (Å²) in [5.41, 5.74) is 1.14. The number of piperazine rings is 1. The van der Waals surface area contributed by atoms with Gasteiger partial charge in [0.25, 0.3) is 0 Å². The van der Waals surface area contributed by atoms with Gasteiger partial charge in [0, 0.05) is 58.4 Å². The quantitative estimate of drug-likeness (QED) is 0.334. The van der Waals surface area contributed by atoms with E-state index >= 15 is 0 Å². The van der Waals surface area contributed by atoms with Gasteiger partial charge in [-0.05, 0) is 26.0 Å². The van der Waals surface area contributed by atoms with Crippen LogP contribution in [0.1, 0.15) is 19.4 Å². The average molecular weight is 489 g/mol. The SMILES string of the molecule is CCOc1ccccc1CNC(=NC)NCC(C)CN1CCN(C)CC1.I. The van der Waals surface area contributed by atoms with Crippen molar-refractivity contribution < 1.29 is 4.74 Å². The number of benzene rings is 1. The molecule has 1 saturated heterocycles. The summed E-state index contributed by atoms with van der Waals surface area (Å²) in [6.07, 6.45) is 0. The van der Waals surface area contributed by atoms with Crippen molar-refractivity contribution in [3.05, 3.63) is 29.8 Å². The fourth-order valence-corrected chi connectivity index (χ4v) is 3.15. The van der Waals surface area contributed by atoms with Crippen molar-refractivity contribution in [3.8, 4) is 5.75 Å². The van der Waals surface area contributed by atoms with Gasteiger partial charge in [-0.3, -0.25) is 4.99 Å². The van der Waals surface area contributed by atoms with Crippen molar-refractivity contribution in [1.82, 2.24) is 20.4 Å². The van der Waals surface area contributed by atoms with Gasteiger partial charge in [0.1, 0.15) is 5.75 Å². The summed E-state index contributed by atoms with van der Waals surface area (Å²) in [6.45, 7) is 12.4. The molecule has 1 aliphatic heterocycles. The van der Waals surface area contributed by atoms with E-state index in [1.165, 1.54) is 26.2 Å². The smallest absolute Gasteiger partial charge is 0.191 e. The zero-order valence-corrected chi connectivity index (χ0v) is 19.5. The van der Waals surface area contributed by atoms with Gasteiger partial charge in [0.15, 0.2) is 5.96 Å². The van der Waals surface area contributed by atoms with Crippen molar-refractivity contribution in [1.29, 1.82) is 0 Å². The Balaban J connectivity index is 0.00000364. The van der Waals surface area contributed by atoms with Gasteiger partial charge < -0.3 is 25.2 Å². The molecular weight excluding hydrogens is 453 g/mol.